The molecule has 0 unspecified atom stereocenters. The van der Waals surface area contributed by atoms with E-state index in [1.807, 2.05) is 37.3 Å². The topological polar surface area (TPSA) is 97.6 Å². The maximum atomic E-state index is 13.2. The molecule has 1 aromatic carbocycles. The summed E-state index contributed by atoms with van der Waals surface area (Å²) in [7, 11) is 4.35. The first-order valence-electron chi connectivity index (χ1n) is 13.0. The Morgan fingerprint density at radius 1 is 1.15 bits per heavy atom. The smallest absolute Gasteiger partial charge is 0.391 e. The van der Waals surface area contributed by atoms with E-state index in [9.17, 15) is 22.8 Å². The second-order valence-corrected chi connectivity index (χ2v) is 9.65. The zero-order valence-electron chi connectivity index (χ0n) is 22.7. The number of para-hydroxylation sites is 1. The molecule has 39 heavy (non-hydrogen) atoms. The minimum atomic E-state index is -4.51. The van der Waals surface area contributed by atoms with Gasteiger partial charge in [0.1, 0.15) is 11.8 Å². The third kappa shape index (κ3) is 8.51. The van der Waals surface area contributed by atoms with Crippen molar-refractivity contribution in [1.29, 1.82) is 0 Å². The van der Waals surface area contributed by atoms with Crippen LogP contribution in [-0.4, -0.2) is 60.0 Å². The standard InChI is InChI=1S/C28H35F3N4O4/c1-5-19(36)12-7-6-8-14-22(33-25(37)23(35(2)3)16-28(29,30)31)27-32-17-24(39-27)20-15-18-11-9-10-13-21(18)34-26(20)38-4/h9-11,13,15,17,22-23H,5-8,12,14,16H2,1-4H3,(H,33,37)/t22-,23-/m0/s1. The number of fused-ring (bicyclic) bond motifs is 1. The third-order valence-electron chi connectivity index (χ3n) is 6.48. The molecule has 0 saturated carbocycles. The number of ketones is 1. The van der Waals surface area contributed by atoms with E-state index in [4.69, 9.17) is 9.15 Å². The molecule has 2 atom stereocenters. The molecule has 0 aliphatic rings. The lowest BCUT2D eigenvalue weighted by Crippen LogP contribution is -2.47. The van der Waals surface area contributed by atoms with Crippen LogP contribution in [0.5, 0.6) is 5.88 Å². The number of benzene rings is 1. The van der Waals surface area contributed by atoms with E-state index in [0.29, 0.717) is 55.7 Å². The van der Waals surface area contributed by atoms with Crippen molar-refractivity contribution in [2.45, 2.75) is 70.1 Å². The number of methoxy groups -OCH3 is 1. The van der Waals surface area contributed by atoms with Gasteiger partial charge in [-0.15, -0.1) is 0 Å². The number of alkyl halides is 3. The van der Waals surface area contributed by atoms with Gasteiger partial charge in [0.15, 0.2) is 5.76 Å². The number of halogens is 3. The summed E-state index contributed by atoms with van der Waals surface area (Å²) in [4.78, 5) is 34.7. The lowest BCUT2D eigenvalue weighted by molar-refractivity contribution is -0.155. The van der Waals surface area contributed by atoms with Crippen LogP contribution in [0.2, 0.25) is 0 Å². The molecule has 0 bridgehead atoms. The molecule has 2 aromatic heterocycles. The van der Waals surface area contributed by atoms with Crippen molar-refractivity contribution >= 4 is 22.6 Å². The second-order valence-electron chi connectivity index (χ2n) is 9.65. The second kappa shape index (κ2) is 13.5. The Morgan fingerprint density at radius 2 is 1.90 bits per heavy atom. The SMILES string of the molecule is CCC(=O)CCCCC[C@H](NC(=O)[C@H](CC(F)(F)F)N(C)C)c1ncc(-c2cc3ccccc3nc2OC)o1. The molecule has 0 spiro atoms. The molecule has 0 aliphatic carbocycles. The summed E-state index contributed by atoms with van der Waals surface area (Å²) in [5.41, 5.74) is 1.30. The number of aromatic nitrogens is 2. The Hall–Kier alpha value is -3.47. The highest BCUT2D eigenvalue weighted by Crippen LogP contribution is 2.34. The molecule has 3 rings (SSSR count). The van der Waals surface area contributed by atoms with Gasteiger partial charge in [-0.25, -0.2) is 9.97 Å². The minimum absolute atomic E-state index is 0.169. The van der Waals surface area contributed by atoms with Crippen molar-refractivity contribution in [1.82, 2.24) is 20.2 Å². The maximum absolute atomic E-state index is 13.2. The van der Waals surface area contributed by atoms with Gasteiger partial charge in [0.25, 0.3) is 0 Å². The fourth-order valence-corrected chi connectivity index (χ4v) is 4.28. The van der Waals surface area contributed by atoms with Gasteiger partial charge in [0, 0.05) is 18.2 Å². The molecule has 0 aliphatic heterocycles. The summed E-state index contributed by atoms with van der Waals surface area (Å²) in [6.45, 7) is 1.82. The first-order valence-corrected chi connectivity index (χ1v) is 13.0. The van der Waals surface area contributed by atoms with Crippen molar-refractivity contribution in [2.24, 2.45) is 0 Å². The maximum Gasteiger partial charge on any atom is 0.391 e. The summed E-state index contributed by atoms with van der Waals surface area (Å²) >= 11 is 0. The van der Waals surface area contributed by atoms with Crippen LogP contribution in [0.3, 0.4) is 0 Å². The lowest BCUT2D eigenvalue weighted by atomic mass is 10.0. The molecule has 0 fully saturated rings. The van der Waals surface area contributed by atoms with Gasteiger partial charge in [0.2, 0.25) is 17.7 Å². The molecule has 2 heterocycles. The zero-order chi connectivity index (χ0) is 28.6. The van der Waals surface area contributed by atoms with Gasteiger partial charge >= 0.3 is 6.18 Å². The number of likely N-dealkylation sites (N-methyl/N-ethyl adjacent to an activating group) is 1. The van der Waals surface area contributed by atoms with Gasteiger partial charge in [-0.1, -0.05) is 38.0 Å². The van der Waals surface area contributed by atoms with Crippen molar-refractivity contribution in [2.75, 3.05) is 21.2 Å². The Morgan fingerprint density at radius 3 is 2.56 bits per heavy atom. The van der Waals surface area contributed by atoms with E-state index >= 15 is 0 Å². The Bertz CT molecular complexity index is 1260. The number of ether oxygens (including phenoxy) is 1. The van der Waals surface area contributed by atoms with Crippen LogP contribution in [-0.2, 0) is 9.59 Å². The van der Waals surface area contributed by atoms with Gasteiger partial charge in [-0.3, -0.25) is 14.5 Å². The van der Waals surface area contributed by atoms with Crippen LogP contribution in [0.1, 0.15) is 63.8 Å². The van der Waals surface area contributed by atoms with Crippen LogP contribution in [0, 0.1) is 0 Å². The van der Waals surface area contributed by atoms with E-state index < -0.39 is 30.6 Å². The van der Waals surface area contributed by atoms with Crippen LogP contribution in [0.15, 0.2) is 40.9 Å². The number of carbonyl (C=O) groups is 2. The van der Waals surface area contributed by atoms with Crippen molar-refractivity contribution in [3.63, 3.8) is 0 Å². The normalized spacial score (nSPS) is 13.4. The van der Waals surface area contributed by atoms with Gasteiger partial charge < -0.3 is 14.5 Å². The van der Waals surface area contributed by atoms with Gasteiger partial charge in [-0.05, 0) is 39.1 Å². The van der Waals surface area contributed by atoms with Crippen LogP contribution in [0.4, 0.5) is 13.2 Å². The number of hydrogen-bond acceptors (Lipinski definition) is 7. The molecule has 1 N–H and O–H groups in total. The first kappa shape index (κ1) is 30.1. The molecule has 0 radical (unpaired) electrons. The fraction of sp³-hybridized carbons (Fsp3) is 0.500. The zero-order valence-corrected chi connectivity index (χ0v) is 22.7. The van der Waals surface area contributed by atoms with E-state index in [0.717, 1.165) is 10.9 Å². The molecule has 3 aromatic rings. The number of Topliss-reactive ketones (excluding diaryl/α,β-unsaturated/α-hetero) is 1. The molecule has 11 heteroatoms. The fourth-order valence-electron chi connectivity index (χ4n) is 4.28. The highest BCUT2D eigenvalue weighted by atomic mass is 19.4. The summed E-state index contributed by atoms with van der Waals surface area (Å²) in [5.74, 6) is 0.259. The van der Waals surface area contributed by atoms with E-state index in [-0.39, 0.29) is 11.7 Å². The lowest BCUT2D eigenvalue weighted by Gasteiger charge is -2.26. The van der Waals surface area contributed by atoms with Crippen LogP contribution in [0.25, 0.3) is 22.2 Å². The highest BCUT2D eigenvalue weighted by Gasteiger charge is 2.37. The first-order chi connectivity index (χ1) is 18.5. The Kier molecular flexibility index (Phi) is 10.4. The predicted molar refractivity (Wildman–Crippen MR) is 141 cm³/mol. The quantitative estimate of drug-likeness (QED) is 0.252. The van der Waals surface area contributed by atoms with Crippen LogP contribution < -0.4 is 10.1 Å². The molecule has 8 nitrogen and oxygen atoms in total. The average Bonchev–Trinajstić information content (AvgIpc) is 3.39. The molecular formula is C28H35F3N4O4. The van der Waals surface area contributed by atoms with Crippen LogP contribution >= 0.6 is 0 Å². The molecule has 212 valence electrons. The highest BCUT2D eigenvalue weighted by molar-refractivity contribution is 5.85. The molecule has 1 amide bonds. The number of hydrogen-bond donors (Lipinski definition) is 1. The number of nitrogens with one attached hydrogen (secondary N) is 1. The monoisotopic (exact) mass is 548 g/mol. The Labute approximate surface area is 225 Å². The van der Waals surface area contributed by atoms with Gasteiger partial charge in [-0.2, -0.15) is 13.2 Å². The average molecular weight is 549 g/mol. The van der Waals surface area contributed by atoms with Crippen molar-refractivity contribution < 1.29 is 31.9 Å². The minimum Gasteiger partial charge on any atom is -0.480 e. The number of oxazole rings is 1. The predicted octanol–water partition coefficient (Wildman–Crippen LogP) is 5.87. The van der Waals surface area contributed by atoms with Crippen molar-refractivity contribution in [3.05, 3.63) is 42.4 Å². The third-order valence-corrected chi connectivity index (χ3v) is 6.48. The molecule has 0 saturated heterocycles. The number of unbranched alkanes of at least 4 members (excludes halogenated alkanes) is 2. The summed E-state index contributed by atoms with van der Waals surface area (Å²) in [6.07, 6.45) is -0.945. The number of nitrogens with zero attached hydrogens (tertiary/aromatic N) is 3. The number of carbonyl (C=O) groups excluding carboxylic acids is 2. The largest absolute Gasteiger partial charge is 0.480 e. The summed E-state index contributed by atoms with van der Waals surface area (Å²) in [6, 6.07) is 7.19. The van der Waals surface area contributed by atoms with Crippen molar-refractivity contribution in [3.8, 4) is 17.2 Å². The van der Waals surface area contributed by atoms with E-state index in [2.05, 4.69) is 15.3 Å². The van der Waals surface area contributed by atoms with E-state index in [1.54, 1.807) is 0 Å². The molecular weight excluding hydrogens is 513 g/mol. The Balaban J connectivity index is 1.85. The number of rotatable bonds is 14. The summed E-state index contributed by atoms with van der Waals surface area (Å²) in [5, 5.41) is 3.58. The number of amides is 1. The van der Waals surface area contributed by atoms with Gasteiger partial charge in [0.05, 0.1) is 36.8 Å². The number of pyridine rings is 1. The summed E-state index contributed by atoms with van der Waals surface area (Å²) < 4.78 is 51.0. The van der Waals surface area contributed by atoms with E-state index in [1.165, 1.54) is 32.3 Å².